The van der Waals surface area contributed by atoms with Crippen LogP contribution in [0.4, 0.5) is 4.79 Å². The molecule has 0 aromatic rings. The summed E-state index contributed by atoms with van der Waals surface area (Å²) < 4.78 is 9.80. The molecule has 0 rings (SSSR count). The Morgan fingerprint density at radius 1 is 1.35 bits per heavy atom. The molecule has 0 bridgehead atoms. The molecule has 114 valence electrons. The molecule has 0 unspecified atom stereocenters. The number of amides is 1. The smallest absolute Gasteiger partial charge is 0.408 e. The van der Waals surface area contributed by atoms with E-state index in [2.05, 4.69) is 11.9 Å². The summed E-state index contributed by atoms with van der Waals surface area (Å²) in [6.07, 6.45) is 0.219. The number of carboxylic acids is 1. The number of esters is 1. The molecule has 0 saturated heterocycles. The molecular formula is C13H21NO6. The van der Waals surface area contributed by atoms with E-state index in [0.717, 1.165) is 0 Å². The van der Waals surface area contributed by atoms with Crippen LogP contribution in [0.1, 0.15) is 33.6 Å². The van der Waals surface area contributed by atoms with Crippen LogP contribution in [0, 0.1) is 0 Å². The van der Waals surface area contributed by atoms with Crippen molar-refractivity contribution in [2.45, 2.75) is 45.3 Å². The number of rotatable bonds is 7. The number of carbonyl (C=O) groups is 3. The molecule has 0 saturated carbocycles. The Kier molecular flexibility index (Phi) is 7.35. The van der Waals surface area contributed by atoms with Gasteiger partial charge in [-0.2, -0.15) is 0 Å². The van der Waals surface area contributed by atoms with Crippen LogP contribution in [0.3, 0.4) is 0 Å². The third kappa shape index (κ3) is 8.96. The van der Waals surface area contributed by atoms with Crippen molar-refractivity contribution in [1.82, 2.24) is 5.32 Å². The topological polar surface area (TPSA) is 102 Å². The molecule has 0 heterocycles. The van der Waals surface area contributed by atoms with Crippen molar-refractivity contribution in [2.24, 2.45) is 0 Å². The minimum Gasteiger partial charge on any atom is -0.481 e. The Morgan fingerprint density at radius 3 is 2.40 bits per heavy atom. The molecule has 1 amide bonds. The quantitative estimate of drug-likeness (QED) is 0.543. The van der Waals surface area contributed by atoms with Crippen LogP contribution >= 0.6 is 0 Å². The highest BCUT2D eigenvalue weighted by Gasteiger charge is 2.25. The maximum Gasteiger partial charge on any atom is 0.408 e. The summed E-state index contributed by atoms with van der Waals surface area (Å²) >= 11 is 0. The molecule has 2 N–H and O–H groups in total. The molecule has 0 aliphatic carbocycles. The van der Waals surface area contributed by atoms with E-state index in [-0.39, 0.29) is 19.4 Å². The average Bonchev–Trinajstić information content (AvgIpc) is 2.28. The van der Waals surface area contributed by atoms with E-state index >= 15 is 0 Å². The highest BCUT2D eigenvalue weighted by molar-refractivity contribution is 5.82. The Labute approximate surface area is 117 Å². The second kappa shape index (κ2) is 8.19. The summed E-state index contributed by atoms with van der Waals surface area (Å²) in [6, 6.07) is -1.07. The SMILES string of the molecule is C=CCOC(=O)[C@H](CCC(=O)O)NC(=O)OC(C)(C)C. The number of carbonyl (C=O) groups excluding carboxylic acids is 2. The molecule has 7 heteroatoms. The lowest BCUT2D eigenvalue weighted by molar-refractivity contribution is -0.145. The molecule has 0 radical (unpaired) electrons. The second-order valence-electron chi connectivity index (χ2n) is 5.05. The summed E-state index contributed by atoms with van der Waals surface area (Å²) in [7, 11) is 0. The molecule has 0 fully saturated rings. The summed E-state index contributed by atoms with van der Waals surface area (Å²) in [5.41, 5.74) is -0.716. The number of hydrogen-bond acceptors (Lipinski definition) is 5. The van der Waals surface area contributed by atoms with Gasteiger partial charge in [0.2, 0.25) is 0 Å². The second-order valence-corrected chi connectivity index (χ2v) is 5.05. The van der Waals surface area contributed by atoms with E-state index in [1.54, 1.807) is 20.8 Å². The van der Waals surface area contributed by atoms with Gasteiger partial charge in [0, 0.05) is 6.42 Å². The summed E-state index contributed by atoms with van der Waals surface area (Å²) in [5.74, 6) is -1.80. The lowest BCUT2D eigenvalue weighted by atomic mass is 10.1. The maximum atomic E-state index is 11.7. The van der Waals surface area contributed by atoms with E-state index in [1.165, 1.54) is 6.08 Å². The van der Waals surface area contributed by atoms with Crippen LogP contribution < -0.4 is 5.32 Å². The van der Waals surface area contributed by atoms with Gasteiger partial charge in [-0.3, -0.25) is 4.79 Å². The molecule has 0 aromatic carbocycles. The number of aliphatic carboxylic acids is 1. The zero-order chi connectivity index (χ0) is 15.8. The van der Waals surface area contributed by atoms with Gasteiger partial charge in [0.05, 0.1) is 0 Å². The standard InChI is InChI=1S/C13H21NO6/c1-5-8-19-11(17)9(6-7-10(15)16)14-12(18)20-13(2,3)4/h5,9H,1,6-8H2,2-4H3,(H,14,18)(H,15,16)/t9-/m0/s1. The third-order valence-corrected chi connectivity index (χ3v) is 1.97. The van der Waals surface area contributed by atoms with Crippen molar-refractivity contribution in [1.29, 1.82) is 0 Å². The van der Waals surface area contributed by atoms with Crippen molar-refractivity contribution < 1.29 is 29.0 Å². The van der Waals surface area contributed by atoms with Crippen molar-refractivity contribution in [3.05, 3.63) is 12.7 Å². The molecule has 1 atom stereocenters. The summed E-state index contributed by atoms with van der Waals surface area (Å²) in [4.78, 5) is 33.8. The van der Waals surface area contributed by atoms with Crippen molar-refractivity contribution in [2.75, 3.05) is 6.61 Å². The normalized spacial score (nSPS) is 12.2. The first kappa shape index (κ1) is 17.9. The Hall–Kier alpha value is -2.05. The van der Waals surface area contributed by atoms with Crippen molar-refractivity contribution >= 4 is 18.0 Å². The molecule has 0 aliphatic rings. The molecule has 20 heavy (non-hydrogen) atoms. The van der Waals surface area contributed by atoms with Crippen LogP contribution in [0.2, 0.25) is 0 Å². The fourth-order valence-electron chi connectivity index (χ4n) is 1.21. The Balaban J connectivity index is 4.58. The van der Waals surface area contributed by atoms with E-state index in [0.29, 0.717) is 0 Å². The van der Waals surface area contributed by atoms with Crippen LogP contribution in [-0.4, -0.2) is 41.4 Å². The number of alkyl carbamates (subject to hydrolysis) is 1. The van der Waals surface area contributed by atoms with Gasteiger partial charge in [0.25, 0.3) is 0 Å². The number of hydrogen-bond donors (Lipinski definition) is 2. The first-order chi connectivity index (χ1) is 9.15. The predicted molar refractivity (Wildman–Crippen MR) is 71.2 cm³/mol. The van der Waals surface area contributed by atoms with Gasteiger partial charge >= 0.3 is 18.0 Å². The summed E-state index contributed by atoms with van der Waals surface area (Å²) in [6.45, 7) is 8.40. The van der Waals surface area contributed by atoms with Crippen LogP contribution in [0.5, 0.6) is 0 Å². The highest BCUT2D eigenvalue weighted by Crippen LogP contribution is 2.08. The van der Waals surface area contributed by atoms with Crippen LogP contribution in [0.25, 0.3) is 0 Å². The van der Waals surface area contributed by atoms with Gasteiger partial charge in [0.1, 0.15) is 18.2 Å². The number of ether oxygens (including phenoxy) is 2. The van der Waals surface area contributed by atoms with Crippen molar-refractivity contribution in [3.63, 3.8) is 0 Å². The van der Waals surface area contributed by atoms with E-state index < -0.39 is 29.7 Å². The fourth-order valence-corrected chi connectivity index (χ4v) is 1.21. The Bertz CT molecular complexity index is 372. The minimum atomic E-state index is -1.07. The van der Waals surface area contributed by atoms with Gasteiger partial charge in [-0.05, 0) is 27.2 Å². The van der Waals surface area contributed by atoms with E-state index in [1.807, 2.05) is 0 Å². The third-order valence-electron chi connectivity index (χ3n) is 1.97. The zero-order valence-corrected chi connectivity index (χ0v) is 12.0. The minimum absolute atomic E-state index is 0.0155. The summed E-state index contributed by atoms with van der Waals surface area (Å²) in [5, 5.41) is 10.9. The number of nitrogens with one attached hydrogen (secondary N) is 1. The maximum absolute atomic E-state index is 11.7. The first-order valence-corrected chi connectivity index (χ1v) is 6.14. The highest BCUT2D eigenvalue weighted by atomic mass is 16.6. The first-order valence-electron chi connectivity index (χ1n) is 6.14. The molecular weight excluding hydrogens is 266 g/mol. The largest absolute Gasteiger partial charge is 0.481 e. The fraction of sp³-hybridized carbons (Fsp3) is 0.615. The van der Waals surface area contributed by atoms with Crippen LogP contribution in [0.15, 0.2) is 12.7 Å². The van der Waals surface area contributed by atoms with Crippen molar-refractivity contribution in [3.8, 4) is 0 Å². The van der Waals surface area contributed by atoms with Gasteiger partial charge in [-0.25, -0.2) is 9.59 Å². The van der Waals surface area contributed by atoms with Gasteiger partial charge < -0.3 is 19.9 Å². The Morgan fingerprint density at radius 2 is 1.95 bits per heavy atom. The van der Waals surface area contributed by atoms with Gasteiger partial charge in [-0.15, -0.1) is 0 Å². The van der Waals surface area contributed by atoms with Crippen LogP contribution in [-0.2, 0) is 19.1 Å². The number of carboxylic acid groups (broad SMARTS) is 1. The lowest BCUT2D eigenvalue weighted by Crippen LogP contribution is -2.44. The van der Waals surface area contributed by atoms with Gasteiger partial charge in [-0.1, -0.05) is 12.7 Å². The predicted octanol–water partition coefficient (Wildman–Crippen LogP) is 1.47. The lowest BCUT2D eigenvalue weighted by Gasteiger charge is -2.22. The molecule has 0 aromatic heterocycles. The average molecular weight is 287 g/mol. The molecule has 0 spiro atoms. The van der Waals surface area contributed by atoms with E-state index in [9.17, 15) is 14.4 Å². The van der Waals surface area contributed by atoms with E-state index in [4.69, 9.17) is 14.6 Å². The van der Waals surface area contributed by atoms with Gasteiger partial charge in [0.15, 0.2) is 0 Å². The molecule has 7 nitrogen and oxygen atoms in total. The zero-order valence-electron chi connectivity index (χ0n) is 12.0. The molecule has 0 aliphatic heterocycles. The monoisotopic (exact) mass is 287 g/mol.